The SMILES string of the molecule is CC(C)c1cccc(NS(=O)(=O)Cc2ccc(N)cc2)c1. The lowest BCUT2D eigenvalue weighted by molar-refractivity contribution is 0.600. The zero-order valence-corrected chi connectivity index (χ0v) is 13.0. The van der Waals surface area contributed by atoms with E-state index >= 15 is 0 Å². The number of sulfonamides is 1. The van der Waals surface area contributed by atoms with Gasteiger partial charge in [-0.25, -0.2) is 8.42 Å². The molecule has 0 aliphatic carbocycles. The summed E-state index contributed by atoms with van der Waals surface area (Å²) in [5.74, 6) is 0.283. The fourth-order valence-corrected chi connectivity index (χ4v) is 3.20. The van der Waals surface area contributed by atoms with Crippen LogP contribution in [-0.2, 0) is 15.8 Å². The van der Waals surface area contributed by atoms with Gasteiger partial charge in [-0.3, -0.25) is 4.72 Å². The average molecular weight is 304 g/mol. The third-order valence-corrected chi connectivity index (χ3v) is 4.42. The Morgan fingerprint density at radius 3 is 2.38 bits per heavy atom. The quantitative estimate of drug-likeness (QED) is 0.832. The lowest BCUT2D eigenvalue weighted by Gasteiger charge is -2.11. The summed E-state index contributed by atoms with van der Waals surface area (Å²) in [6.07, 6.45) is 0. The maximum absolute atomic E-state index is 12.2. The molecule has 0 aliphatic heterocycles. The monoisotopic (exact) mass is 304 g/mol. The second kappa shape index (κ2) is 6.18. The molecule has 0 atom stereocenters. The van der Waals surface area contributed by atoms with E-state index in [-0.39, 0.29) is 5.75 Å². The molecule has 112 valence electrons. The molecule has 2 rings (SSSR count). The second-order valence-corrected chi connectivity index (χ2v) is 7.11. The van der Waals surface area contributed by atoms with Crippen LogP contribution >= 0.6 is 0 Å². The molecule has 0 saturated carbocycles. The van der Waals surface area contributed by atoms with E-state index < -0.39 is 10.0 Å². The summed E-state index contributed by atoms with van der Waals surface area (Å²) in [5, 5.41) is 0. The van der Waals surface area contributed by atoms with E-state index in [0.29, 0.717) is 22.9 Å². The number of rotatable bonds is 5. The van der Waals surface area contributed by atoms with Crippen molar-refractivity contribution >= 4 is 21.4 Å². The lowest BCUT2D eigenvalue weighted by Crippen LogP contribution is -2.15. The first-order valence-corrected chi connectivity index (χ1v) is 8.46. The summed E-state index contributed by atoms with van der Waals surface area (Å²) in [6, 6.07) is 14.3. The molecule has 21 heavy (non-hydrogen) atoms. The Morgan fingerprint density at radius 2 is 1.76 bits per heavy atom. The van der Waals surface area contributed by atoms with Crippen LogP contribution < -0.4 is 10.5 Å². The molecule has 0 aromatic heterocycles. The second-order valence-electron chi connectivity index (χ2n) is 5.38. The molecule has 3 N–H and O–H groups in total. The van der Waals surface area contributed by atoms with Crippen molar-refractivity contribution in [3.05, 3.63) is 59.7 Å². The molecule has 4 nitrogen and oxygen atoms in total. The highest BCUT2D eigenvalue weighted by molar-refractivity contribution is 7.91. The van der Waals surface area contributed by atoms with Crippen molar-refractivity contribution in [1.82, 2.24) is 0 Å². The van der Waals surface area contributed by atoms with E-state index in [0.717, 1.165) is 5.56 Å². The van der Waals surface area contributed by atoms with E-state index in [1.807, 2.05) is 18.2 Å². The van der Waals surface area contributed by atoms with Crippen molar-refractivity contribution in [3.8, 4) is 0 Å². The predicted molar refractivity (Wildman–Crippen MR) is 87.6 cm³/mol. The highest BCUT2D eigenvalue weighted by atomic mass is 32.2. The third kappa shape index (κ3) is 4.49. The molecular weight excluding hydrogens is 284 g/mol. The Hall–Kier alpha value is -2.01. The van der Waals surface area contributed by atoms with E-state index in [2.05, 4.69) is 18.6 Å². The van der Waals surface area contributed by atoms with Crippen LogP contribution in [-0.4, -0.2) is 8.42 Å². The number of nitrogen functional groups attached to an aromatic ring is 1. The number of anilines is 2. The topological polar surface area (TPSA) is 72.2 Å². The molecule has 0 bridgehead atoms. The van der Waals surface area contributed by atoms with Crippen LogP contribution in [0.1, 0.15) is 30.9 Å². The first kappa shape index (κ1) is 15.4. The van der Waals surface area contributed by atoms with E-state index in [4.69, 9.17) is 5.73 Å². The number of nitrogens with two attached hydrogens (primary N) is 1. The zero-order chi connectivity index (χ0) is 15.5. The molecule has 5 heteroatoms. The fraction of sp³-hybridized carbons (Fsp3) is 0.250. The number of hydrogen-bond donors (Lipinski definition) is 2. The molecule has 0 amide bonds. The summed E-state index contributed by atoms with van der Waals surface area (Å²) < 4.78 is 27.0. The molecular formula is C16H20N2O2S. The fourth-order valence-electron chi connectivity index (χ4n) is 2.01. The first-order chi connectivity index (χ1) is 9.85. The van der Waals surface area contributed by atoms with Gasteiger partial charge in [0.2, 0.25) is 10.0 Å². The number of nitrogens with one attached hydrogen (secondary N) is 1. The van der Waals surface area contributed by atoms with Crippen LogP contribution in [0.25, 0.3) is 0 Å². The van der Waals surface area contributed by atoms with Crippen molar-refractivity contribution < 1.29 is 8.42 Å². The Morgan fingerprint density at radius 1 is 1.10 bits per heavy atom. The molecule has 0 aliphatic rings. The molecule has 2 aromatic rings. The van der Waals surface area contributed by atoms with Crippen molar-refractivity contribution in [2.45, 2.75) is 25.5 Å². The normalized spacial score (nSPS) is 11.6. The van der Waals surface area contributed by atoms with Crippen molar-refractivity contribution in [3.63, 3.8) is 0 Å². The van der Waals surface area contributed by atoms with Gasteiger partial charge in [-0.15, -0.1) is 0 Å². The van der Waals surface area contributed by atoms with Gasteiger partial charge < -0.3 is 5.73 Å². The largest absolute Gasteiger partial charge is 0.399 e. The molecule has 0 fully saturated rings. The Balaban J connectivity index is 2.14. The summed E-state index contributed by atoms with van der Waals surface area (Å²) >= 11 is 0. The van der Waals surface area contributed by atoms with Gasteiger partial charge in [0.15, 0.2) is 0 Å². The minimum absolute atomic E-state index is 0.0703. The Bertz CT molecular complexity index is 707. The summed E-state index contributed by atoms with van der Waals surface area (Å²) in [6.45, 7) is 4.14. The lowest BCUT2D eigenvalue weighted by atomic mass is 10.0. The highest BCUT2D eigenvalue weighted by Gasteiger charge is 2.12. The molecule has 0 saturated heterocycles. The van der Waals surface area contributed by atoms with Crippen molar-refractivity contribution in [1.29, 1.82) is 0 Å². The summed E-state index contributed by atoms with van der Waals surface area (Å²) in [7, 11) is -3.43. The van der Waals surface area contributed by atoms with Gasteiger partial charge in [-0.05, 0) is 41.3 Å². The van der Waals surface area contributed by atoms with Gasteiger partial charge in [-0.2, -0.15) is 0 Å². The Kier molecular flexibility index (Phi) is 4.53. The molecule has 0 unspecified atom stereocenters. The predicted octanol–water partition coefficient (Wildman–Crippen LogP) is 3.33. The summed E-state index contributed by atoms with van der Waals surface area (Å²) in [5.41, 5.74) is 8.61. The van der Waals surface area contributed by atoms with Crippen LogP contribution in [0.2, 0.25) is 0 Å². The van der Waals surface area contributed by atoms with Gasteiger partial charge in [0, 0.05) is 11.4 Å². The molecule has 0 spiro atoms. The van der Waals surface area contributed by atoms with E-state index in [1.165, 1.54) is 0 Å². The number of hydrogen-bond acceptors (Lipinski definition) is 3. The Labute approximate surface area is 126 Å². The van der Waals surface area contributed by atoms with Crippen LogP contribution in [0.3, 0.4) is 0 Å². The standard InChI is InChI=1S/C16H20N2O2S/c1-12(2)14-4-3-5-16(10-14)18-21(19,20)11-13-6-8-15(17)9-7-13/h3-10,12,18H,11,17H2,1-2H3. The number of benzene rings is 2. The first-order valence-electron chi connectivity index (χ1n) is 6.80. The van der Waals surface area contributed by atoms with E-state index in [9.17, 15) is 8.42 Å². The smallest absolute Gasteiger partial charge is 0.236 e. The maximum Gasteiger partial charge on any atom is 0.236 e. The van der Waals surface area contributed by atoms with E-state index in [1.54, 1.807) is 30.3 Å². The molecule has 0 radical (unpaired) electrons. The van der Waals surface area contributed by atoms with Crippen LogP contribution in [0.5, 0.6) is 0 Å². The summed E-state index contributed by atoms with van der Waals surface area (Å²) in [4.78, 5) is 0. The van der Waals surface area contributed by atoms with Gasteiger partial charge in [0.1, 0.15) is 0 Å². The molecule has 2 aromatic carbocycles. The van der Waals surface area contributed by atoms with Gasteiger partial charge in [-0.1, -0.05) is 38.1 Å². The third-order valence-electron chi connectivity index (χ3n) is 3.16. The van der Waals surface area contributed by atoms with Gasteiger partial charge >= 0.3 is 0 Å². The van der Waals surface area contributed by atoms with Gasteiger partial charge in [0.05, 0.1) is 5.75 Å². The van der Waals surface area contributed by atoms with Crippen LogP contribution in [0.4, 0.5) is 11.4 Å². The van der Waals surface area contributed by atoms with Crippen LogP contribution in [0.15, 0.2) is 48.5 Å². The van der Waals surface area contributed by atoms with Crippen molar-refractivity contribution in [2.24, 2.45) is 0 Å². The average Bonchev–Trinajstić information content (AvgIpc) is 2.41. The maximum atomic E-state index is 12.2. The minimum atomic E-state index is -3.43. The minimum Gasteiger partial charge on any atom is -0.399 e. The van der Waals surface area contributed by atoms with Gasteiger partial charge in [0.25, 0.3) is 0 Å². The van der Waals surface area contributed by atoms with Crippen LogP contribution in [0, 0.1) is 0 Å². The van der Waals surface area contributed by atoms with Crippen molar-refractivity contribution in [2.75, 3.05) is 10.5 Å². The zero-order valence-electron chi connectivity index (χ0n) is 12.2. The molecule has 0 heterocycles. The highest BCUT2D eigenvalue weighted by Crippen LogP contribution is 2.20.